The predicted octanol–water partition coefficient (Wildman–Crippen LogP) is 1.13. The van der Waals surface area contributed by atoms with Gasteiger partial charge in [-0.2, -0.15) is 0 Å². The van der Waals surface area contributed by atoms with Crippen LogP contribution in [0.2, 0.25) is 0 Å². The van der Waals surface area contributed by atoms with Crippen molar-refractivity contribution < 1.29 is 14.4 Å². The topological polar surface area (TPSA) is 75.4 Å². The lowest BCUT2D eigenvalue weighted by Gasteiger charge is -2.08. The molecule has 0 saturated carbocycles. The predicted molar refractivity (Wildman–Crippen MR) is 50.2 cm³/mol. The molecule has 0 radical (unpaired) electrons. The molecule has 0 aromatic carbocycles. The molecule has 1 aliphatic rings. The molecule has 2 N–H and O–H groups in total. The molecule has 5 heteroatoms. The first-order valence-corrected chi connectivity index (χ1v) is 4.65. The number of piperidine rings is 1. The molecule has 0 amide bonds. The summed E-state index contributed by atoms with van der Waals surface area (Å²) in [6.45, 7) is 2.50. The lowest BCUT2D eigenvalue weighted by molar-refractivity contribution is 0.0685. The first kappa shape index (κ1) is 10.7. The van der Waals surface area contributed by atoms with E-state index in [0.29, 0.717) is 0 Å². The normalized spacial score (nSPS) is 15.4. The van der Waals surface area contributed by atoms with E-state index < -0.39 is 5.97 Å². The standard InChI is InChI=1S/C5H11N.C4H3NO3/c1-2-4-6-5-3-1;6-4(7)3-1-2-8-5-3/h6H,1-5H2;1-2H,(H,6,7). The summed E-state index contributed by atoms with van der Waals surface area (Å²) in [6, 6.07) is 1.28. The van der Waals surface area contributed by atoms with Crippen LogP contribution in [-0.2, 0) is 0 Å². The summed E-state index contributed by atoms with van der Waals surface area (Å²) in [5.41, 5.74) is -0.0648. The number of aromatic carboxylic acids is 1. The van der Waals surface area contributed by atoms with Crippen LogP contribution in [0.5, 0.6) is 0 Å². The number of aromatic nitrogens is 1. The largest absolute Gasteiger partial charge is 0.476 e. The van der Waals surface area contributed by atoms with Gasteiger partial charge in [0.2, 0.25) is 0 Å². The zero-order valence-electron chi connectivity index (χ0n) is 7.90. The van der Waals surface area contributed by atoms with Crippen molar-refractivity contribution in [2.24, 2.45) is 0 Å². The minimum absolute atomic E-state index is 0.0648. The summed E-state index contributed by atoms with van der Waals surface area (Å²) >= 11 is 0. The second-order valence-corrected chi connectivity index (χ2v) is 3.00. The second kappa shape index (κ2) is 6.15. The number of carbonyl (C=O) groups is 1. The maximum atomic E-state index is 9.94. The Kier molecular flexibility index (Phi) is 4.71. The van der Waals surface area contributed by atoms with Crippen molar-refractivity contribution in [1.29, 1.82) is 0 Å². The van der Waals surface area contributed by atoms with E-state index >= 15 is 0 Å². The average molecular weight is 198 g/mol. The third-order valence-electron chi connectivity index (χ3n) is 1.86. The summed E-state index contributed by atoms with van der Waals surface area (Å²) in [6.07, 6.45) is 5.43. The van der Waals surface area contributed by atoms with Crippen LogP contribution >= 0.6 is 0 Å². The Hall–Kier alpha value is -1.36. The van der Waals surface area contributed by atoms with Gasteiger partial charge in [0.25, 0.3) is 0 Å². The molecule has 78 valence electrons. The van der Waals surface area contributed by atoms with Crippen LogP contribution in [0.25, 0.3) is 0 Å². The molecule has 2 heterocycles. The molecule has 1 fully saturated rings. The number of nitrogens with zero attached hydrogens (tertiary/aromatic N) is 1. The van der Waals surface area contributed by atoms with Gasteiger partial charge in [-0.05, 0) is 25.9 Å². The second-order valence-electron chi connectivity index (χ2n) is 3.00. The van der Waals surface area contributed by atoms with E-state index in [1.807, 2.05) is 0 Å². The summed E-state index contributed by atoms with van der Waals surface area (Å²) in [5, 5.41) is 14.6. The highest BCUT2D eigenvalue weighted by Crippen LogP contribution is 1.96. The number of hydrogen-bond acceptors (Lipinski definition) is 4. The average Bonchev–Trinajstić information content (AvgIpc) is 2.74. The van der Waals surface area contributed by atoms with E-state index in [-0.39, 0.29) is 5.69 Å². The molecule has 0 spiro atoms. The zero-order valence-corrected chi connectivity index (χ0v) is 7.90. The molecule has 14 heavy (non-hydrogen) atoms. The molecule has 1 aromatic heterocycles. The summed E-state index contributed by atoms with van der Waals surface area (Å²) in [5.74, 6) is -1.07. The third-order valence-corrected chi connectivity index (χ3v) is 1.86. The van der Waals surface area contributed by atoms with Gasteiger partial charge in [0.05, 0.1) is 0 Å². The first-order valence-electron chi connectivity index (χ1n) is 4.65. The van der Waals surface area contributed by atoms with Gasteiger partial charge in [-0.25, -0.2) is 4.79 Å². The van der Waals surface area contributed by atoms with Gasteiger partial charge in [-0.15, -0.1) is 0 Å². The van der Waals surface area contributed by atoms with Crippen LogP contribution in [0, 0.1) is 0 Å². The van der Waals surface area contributed by atoms with Gasteiger partial charge in [0, 0.05) is 6.07 Å². The highest BCUT2D eigenvalue weighted by molar-refractivity contribution is 5.84. The molecule has 0 bridgehead atoms. The quantitative estimate of drug-likeness (QED) is 0.707. The molecule has 0 unspecified atom stereocenters. The van der Waals surface area contributed by atoms with Gasteiger partial charge < -0.3 is 14.9 Å². The number of nitrogens with one attached hydrogen (secondary N) is 1. The van der Waals surface area contributed by atoms with E-state index in [9.17, 15) is 4.79 Å². The van der Waals surface area contributed by atoms with E-state index in [0.717, 1.165) is 0 Å². The maximum absolute atomic E-state index is 9.94. The molecule has 1 saturated heterocycles. The van der Waals surface area contributed by atoms with Gasteiger partial charge in [0.1, 0.15) is 6.26 Å². The van der Waals surface area contributed by atoms with Crippen LogP contribution in [0.4, 0.5) is 0 Å². The number of carboxylic acid groups (broad SMARTS) is 1. The Labute approximate surface area is 82.1 Å². The van der Waals surface area contributed by atoms with Crippen LogP contribution in [0.3, 0.4) is 0 Å². The molecule has 1 aliphatic heterocycles. The van der Waals surface area contributed by atoms with Crippen LogP contribution in [-0.4, -0.2) is 29.3 Å². The Morgan fingerprint density at radius 1 is 1.43 bits per heavy atom. The highest BCUT2D eigenvalue weighted by atomic mass is 16.5. The van der Waals surface area contributed by atoms with Crippen molar-refractivity contribution in [3.63, 3.8) is 0 Å². The Morgan fingerprint density at radius 2 is 2.14 bits per heavy atom. The SMILES string of the molecule is C1CCNCC1.O=C(O)c1ccon1. The molecule has 0 aliphatic carbocycles. The van der Waals surface area contributed by atoms with E-state index in [4.69, 9.17) is 5.11 Å². The number of hydrogen-bond donors (Lipinski definition) is 2. The fourth-order valence-corrected chi connectivity index (χ4v) is 1.12. The molecular weight excluding hydrogens is 184 g/mol. The maximum Gasteiger partial charge on any atom is 0.358 e. The van der Waals surface area contributed by atoms with Crippen molar-refractivity contribution in [3.8, 4) is 0 Å². The molecular formula is C9H14N2O3. The minimum atomic E-state index is -1.07. The summed E-state index contributed by atoms with van der Waals surface area (Å²) < 4.78 is 4.24. The Morgan fingerprint density at radius 3 is 2.36 bits per heavy atom. The Balaban J connectivity index is 0.000000146. The zero-order chi connectivity index (χ0) is 10.2. The van der Waals surface area contributed by atoms with Crippen molar-refractivity contribution >= 4 is 5.97 Å². The lowest BCUT2D eigenvalue weighted by atomic mass is 10.2. The molecule has 1 aromatic rings. The van der Waals surface area contributed by atoms with Crippen molar-refractivity contribution in [2.45, 2.75) is 19.3 Å². The van der Waals surface area contributed by atoms with E-state index in [1.165, 1.54) is 44.7 Å². The van der Waals surface area contributed by atoms with E-state index in [2.05, 4.69) is 15.0 Å². The van der Waals surface area contributed by atoms with Gasteiger partial charge >= 0.3 is 5.97 Å². The van der Waals surface area contributed by atoms with Gasteiger partial charge in [-0.1, -0.05) is 11.6 Å². The van der Waals surface area contributed by atoms with Crippen molar-refractivity contribution in [1.82, 2.24) is 10.5 Å². The fourth-order valence-electron chi connectivity index (χ4n) is 1.12. The van der Waals surface area contributed by atoms with Crippen molar-refractivity contribution in [3.05, 3.63) is 18.0 Å². The van der Waals surface area contributed by atoms with E-state index in [1.54, 1.807) is 0 Å². The minimum Gasteiger partial charge on any atom is -0.476 e. The number of carboxylic acids is 1. The summed E-state index contributed by atoms with van der Waals surface area (Å²) in [4.78, 5) is 9.94. The van der Waals surface area contributed by atoms with Crippen LogP contribution < -0.4 is 5.32 Å². The van der Waals surface area contributed by atoms with Gasteiger partial charge in [-0.3, -0.25) is 0 Å². The Bertz CT molecular complexity index is 244. The fraction of sp³-hybridized carbons (Fsp3) is 0.556. The monoisotopic (exact) mass is 198 g/mol. The van der Waals surface area contributed by atoms with Gasteiger partial charge in [0.15, 0.2) is 5.69 Å². The molecule has 2 rings (SSSR count). The van der Waals surface area contributed by atoms with Crippen molar-refractivity contribution in [2.75, 3.05) is 13.1 Å². The summed E-state index contributed by atoms with van der Waals surface area (Å²) in [7, 11) is 0. The highest BCUT2D eigenvalue weighted by Gasteiger charge is 2.02. The smallest absolute Gasteiger partial charge is 0.358 e. The van der Waals surface area contributed by atoms with Crippen LogP contribution in [0.1, 0.15) is 29.8 Å². The third kappa shape index (κ3) is 4.04. The molecule has 5 nitrogen and oxygen atoms in total. The lowest BCUT2D eigenvalue weighted by Crippen LogP contribution is -2.21. The molecule has 0 atom stereocenters. The van der Waals surface area contributed by atoms with Crippen LogP contribution in [0.15, 0.2) is 16.9 Å². The first-order chi connectivity index (χ1) is 6.80. The number of rotatable bonds is 1.